The summed E-state index contributed by atoms with van der Waals surface area (Å²) in [5, 5.41) is 5.99. The zero-order chi connectivity index (χ0) is 27.5. The van der Waals surface area contributed by atoms with E-state index >= 15 is 0 Å². The van der Waals surface area contributed by atoms with Crippen LogP contribution in [0.15, 0.2) is 48.7 Å². The number of hydrogen-bond acceptors (Lipinski definition) is 6. The first kappa shape index (κ1) is 28.5. The minimum atomic E-state index is -0.795. The SMILES string of the molecule is COc1ccc([C@H](C(=O)NC2CCCCC2)N(C[C@@H]2CCCO2)C(=O)CCCC(=O)Nc2ccccn2)cc1. The Kier molecular flexibility index (Phi) is 10.7. The molecular weight excluding hydrogens is 496 g/mol. The molecule has 1 aliphatic carbocycles. The highest BCUT2D eigenvalue weighted by atomic mass is 16.5. The van der Waals surface area contributed by atoms with Crippen LogP contribution in [0.3, 0.4) is 0 Å². The molecule has 210 valence electrons. The average molecular weight is 537 g/mol. The van der Waals surface area contributed by atoms with E-state index in [-0.39, 0.29) is 42.7 Å². The molecule has 2 aliphatic rings. The van der Waals surface area contributed by atoms with Crippen molar-refractivity contribution in [1.82, 2.24) is 15.2 Å². The topological polar surface area (TPSA) is 110 Å². The second-order valence-corrected chi connectivity index (χ2v) is 10.3. The summed E-state index contributed by atoms with van der Waals surface area (Å²) in [5.41, 5.74) is 0.725. The first-order chi connectivity index (χ1) is 19.0. The molecule has 1 saturated carbocycles. The molecule has 39 heavy (non-hydrogen) atoms. The fourth-order valence-electron chi connectivity index (χ4n) is 5.33. The fourth-order valence-corrected chi connectivity index (χ4v) is 5.33. The third kappa shape index (κ3) is 8.51. The molecule has 0 bridgehead atoms. The molecule has 2 atom stereocenters. The van der Waals surface area contributed by atoms with Crippen LogP contribution in [-0.4, -0.2) is 60.0 Å². The van der Waals surface area contributed by atoms with Crippen molar-refractivity contribution in [3.63, 3.8) is 0 Å². The van der Waals surface area contributed by atoms with E-state index in [1.165, 1.54) is 6.42 Å². The van der Waals surface area contributed by atoms with E-state index in [0.29, 0.717) is 31.1 Å². The van der Waals surface area contributed by atoms with Gasteiger partial charge in [-0.05, 0) is 61.9 Å². The van der Waals surface area contributed by atoms with Gasteiger partial charge in [-0.25, -0.2) is 4.98 Å². The first-order valence-corrected chi connectivity index (χ1v) is 14.1. The minimum Gasteiger partial charge on any atom is -0.497 e. The summed E-state index contributed by atoms with van der Waals surface area (Å²) in [7, 11) is 1.60. The van der Waals surface area contributed by atoms with Crippen LogP contribution in [0.4, 0.5) is 5.82 Å². The summed E-state index contributed by atoms with van der Waals surface area (Å²) < 4.78 is 11.2. The maximum atomic E-state index is 13.8. The number of nitrogens with zero attached hydrogens (tertiary/aromatic N) is 2. The van der Waals surface area contributed by atoms with E-state index in [1.807, 2.05) is 24.3 Å². The number of ether oxygens (including phenoxy) is 2. The minimum absolute atomic E-state index is 0.113. The smallest absolute Gasteiger partial charge is 0.247 e. The highest BCUT2D eigenvalue weighted by Crippen LogP contribution is 2.28. The number of benzene rings is 1. The van der Waals surface area contributed by atoms with Gasteiger partial charge in [0.15, 0.2) is 0 Å². The number of nitrogens with one attached hydrogen (secondary N) is 2. The molecule has 9 nitrogen and oxygen atoms in total. The van der Waals surface area contributed by atoms with Gasteiger partial charge in [-0.15, -0.1) is 0 Å². The molecule has 0 radical (unpaired) electrons. The van der Waals surface area contributed by atoms with E-state index in [2.05, 4.69) is 15.6 Å². The van der Waals surface area contributed by atoms with Crippen LogP contribution in [-0.2, 0) is 19.1 Å². The average Bonchev–Trinajstić information content (AvgIpc) is 3.47. The van der Waals surface area contributed by atoms with Gasteiger partial charge in [-0.3, -0.25) is 14.4 Å². The van der Waals surface area contributed by atoms with Crippen molar-refractivity contribution in [2.24, 2.45) is 0 Å². The molecule has 2 heterocycles. The zero-order valence-electron chi connectivity index (χ0n) is 22.8. The Morgan fingerprint density at radius 1 is 1.03 bits per heavy atom. The number of carbonyl (C=O) groups excluding carboxylic acids is 3. The van der Waals surface area contributed by atoms with E-state index in [1.54, 1.807) is 36.4 Å². The predicted octanol–water partition coefficient (Wildman–Crippen LogP) is 4.40. The monoisotopic (exact) mass is 536 g/mol. The van der Waals surface area contributed by atoms with Gasteiger partial charge in [-0.1, -0.05) is 37.5 Å². The van der Waals surface area contributed by atoms with E-state index in [9.17, 15) is 14.4 Å². The van der Waals surface area contributed by atoms with Crippen LogP contribution in [0.2, 0.25) is 0 Å². The summed E-state index contributed by atoms with van der Waals surface area (Å²) in [6.45, 7) is 0.982. The molecular formula is C30H40N4O5. The second kappa shape index (κ2) is 14.6. The quantitative estimate of drug-likeness (QED) is 0.416. The van der Waals surface area contributed by atoms with Gasteiger partial charge >= 0.3 is 0 Å². The largest absolute Gasteiger partial charge is 0.497 e. The van der Waals surface area contributed by atoms with E-state index < -0.39 is 6.04 Å². The molecule has 2 N–H and O–H groups in total. The zero-order valence-corrected chi connectivity index (χ0v) is 22.8. The third-order valence-corrected chi connectivity index (χ3v) is 7.41. The molecule has 1 aliphatic heterocycles. The standard InChI is InChI=1S/C30H40N4O5/c1-38-24-17-15-22(16-18-24)29(30(37)32-23-9-3-2-4-10-23)34(21-25-11-8-20-39-25)28(36)14-7-13-27(35)33-26-12-5-6-19-31-26/h5-6,12,15-19,23,25,29H,2-4,7-11,13-14,20-21H2,1H3,(H,32,37)(H,31,33,35)/t25-,29+/m0/s1. The number of hydrogen-bond donors (Lipinski definition) is 2. The van der Waals surface area contributed by atoms with Crippen LogP contribution in [0.1, 0.15) is 75.8 Å². The molecule has 4 rings (SSSR count). The van der Waals surface area contributed by atoms with Crippen LogP contribution in [0.5, 0.6) is 5.75 Å². The number of aromatic nitrogens is 1. The highest BCUT2D eigenvalue weighted by molar-refractivity contribution is 5.91. The van der Waals surface area contributed by atoms with Crippen LogP contribution in [0, 0.1) is 0 Å². The van der Waals surface area contributed by atoms with Gasteiger partial charge in [0.05, 0.1) is 13.2 Å². The Morgan fingerprint density at radius 3 is 2.49 bits per heavy atom. The predicted molar refractivity (Wildman–Crippen MR) is 148 cm³/mol. The number of rotatable bonds is 12. The summed E-state index contributed by atoms with van der Waals surface area (Å²) >= 11 is 0. The molecule has 3 amide bonds. The molecule has 0 spiro atoms. The molecule has 0 unspecified atom stereocenters. The number of carbonyl (C=O) groups is 3. The lowest BCUT2D eigenvalue weighted by atomic mass is 9.94. The Bertz CT molecular complexity index is 1070. The van der Waals surface area contributed by atoms with Crippen molar-refractivity contribution in [2.45, 2.75) is 82.4 Å². The summed E-state index contributed by atoms with van der Waals surface area (Å²) in [5.74, 6) is 0.616. The van der Waals surface area contributed by atoms with Crippen molar-refractivity contribution in [2.75, 3.05) is 25.6 Å². The molecule has 2 fully saturated rings. The Hall–Kier alpha value is -3.46. The first-order valence-electron chi connectivity index (χ1n) is 14.1. The molecule has 9 heteroatoms. The summed E-state index contributed by atoms with van der Waals surface area (Å²) in [6.07, 6.45) is 9.23. The van der Waals surface area contributed by atoms with Crippen LogP contribution < -0.4 is 15.4 Å². The van der Waals surface area contributed by atoms with Gasteiger partial charge in [0.1, 0.15) is 17.6 Å². The number of methoxy groups -OCH3 is 1. The lowest BCUT2D eigenvalue weighted by molar-refractivity contribution is -0.143. The Morgan fingerprint density at radius 2 is 1.82 bits per heavy atom. The molecule has 1 saturated heterocycles. The maximum Gasteiger partial charge on any atom is 0.247 e. The number of anilines is 1. The van der Waals surface area contributed by atoms with Gasteiger partial charge in [0.2, 0.25) is 17.7 Å². The summed E-state index contributed by atoms with van der Waals surface area (Å²) in [6, 6.07) is 11.9. The van der Waals surface area contributed by atoms with Gasteiger partial charge in [0.25, 0.3) is 0 Å². The number of amides is 3. The van der Waals surface area contributed by atoms with Crippen molar-refractivity contribution in [3.8, 4) is 5.75 Å². The van der Waals surface area contributed by atoms with E-state index in [4.69, 9.17) is 9.47 Å². The normalized spacial score (nSPS) is 18.2. The highest BCUT2D eigenvalue weighted by Gasteiger charge is 2.35. The third-order valence-electron chi connectivity index (χ3n) is 7.41. The van der Waals surface area contributed by atoms with Crippen LogP contribution in [0.25, 0.3) is 0 Å². The fraction of sp³-hybridized carbons (Fsp3) is 0.533. The molecule has 1 aromatic carbocycles. The lowest BCUT2D eigenvalue weighted by Gasteiger charge is -2.35. The van der Waals surface area contributed by atoms with Gasteiger partial charge in [0, 0.05) is 38.2 Å². The van der Waals surface area contributed by atoms with E-state index in [0.717, 1.165) is 44.1 Å². The maximum absolute atomic E-state index is 13.8. The molecule has 2 aromatic rings. The van der Waals surface area contributed by atoms with Crippen LogP contribution >= 0.6 is 0 Å². The number of pyridine rings is 1. The Labute approximate surface area is 230 Å². The van der Waals surface area contributed by atoms with Crippen molar-refractivity contribution in [1.29, 1.82) is 0 Å². The summed E-state index contributed by atoms with van der Waals surface area (Å²) in [4.78, 5) is 45.7. The van der Waals surface area contributed by atoms with Crippen molar-refractivity contribution in [3.05, 3.63) is 54.2 Å². The molecule has 1 aromatic heterocycles. The van der Waals surface area contributed by atoms with Crippen molar-refractivity contribution < 1.29 is 23.9 Å². The van der Waals surface area contributed by atoms with Crippen molar-refractivity contribution >= 4 is 23.5 Å². The van der Waals surface area contributed by atoms with Gasteiger partial charge in [-0.2, -0.15) is 0 Å². The van der Waals surface area contributed by atoms with Gasteiger partial charge < -0.3 is 25.0 Å². The lowest BCUT2D eigenvalue weighted by Crippen LogP contribution is -2.49. The Balaban J connectivity index is 1.49. The second-order valence-electron chi connectivity index (χ2n) is 10.3.